The Hall–Kier alpha value is -1.77. The number of nitrogens with two attached hydrogens (primary N) is 1. The van der Waals surface area contributed by atoms with Gasteiger partial charge in [0.05, 0.1) is 0 Å². The molecule has 0 fully saturated rings. The van der Waals surface area contributed by atoms with Crippen LogP contribution in [0.4, 0.5) is 6.01 Å². The third-order valence-corrected chi connectivity index (χ3v) is 1.59. The van der Waals surface area contributed by atoms with Gasteiger partial charge < -0.3 is 10.2 Å². The number of aromatic nitrogens is 1. The summed E-state index contributed by atoms with van der Waals surface area (Å²) in [5.41, 5.74) is 7.12. The smallest absolute Gasteiger partial charge is 0.292 e. The number of hydrogen-bond acceptors (Lipinski definition) is 3. The Bertz CT molecular complexity index is 367. The van der Waals surface area contributed by atoms with Gasteiger partial charge in [-0.25, -0.2) is 0 Å². The maximum absolute atomic E-state index is 5.34. The molecule has 12 heavy (non-hydrogen) atoms. The second-order valence-electron chi connectivity index (χ2n) is 2.44. The third kappa shape index (κ3) is 1.16. The molecule has 1 heterocycles. The summed E-state index contributed by atoms with van der Waals surface area (Å²) in [5.74, 6) is 0. The highest BCUT2D eigenvalue weighted by molar-refractivity contribution is 5.58. The number of rotatable bonds is 1. The lowest BCUT2D eigenvalue weighted by atomic mass is 10.2. The fourth-order valence-corrected chi connectivity index (χ4v) is 1.03. The van der Waals surface area contributed by atoms with Crippen LogP contribution in [0.25, 0.3) is 11.3 Å². The van der Waals surface area contributed by atoms with E-state index in [-0.39, 0.29) is 6.01 Å². The Morgan fingerprint density at radius 1 is 1.17 bits per heavy atom. The van der Waals surface area contributed by atoms with Gasteiger partial charge in [-0.2, -0.15) is 4.98 Å². The van der Waals surface area contributed by atoms with Gasteiger partial charge in [-0.1, -0.05) is 30.3 Å². The Morgan fingerprint density at radius 2 is 1.92 bits per heavy atom. The summed E-state index contributed by atoms with van der Waals surface area (Å²) in [7, 11) is 0. The zero-order valence-corrected chi connectivity index (χ0v) is 6.40. The van der Waals surface area contributed by atoms with Crippen LogP contribution in [0.2, 0.25) is 0 Å². The molecular weight excluding hydrogens is 152 g/mol. The number of hydrogen-bond donors (Lipinski definition) is 1. The molecule has 0 aliphatic heterocycles. The van der Waals surface area contributed by atoms with Crippen molar-refractivity contribution in [3.63, 3.8) is 0 Å². The van der Waals surface area contributed by atoms with Crippen molar-refractivity contribution in [3.8, 4) is 11.3 Å². The predicted molar refractivity (Wildman–Crippen MR) is 46.4 cm³/mol. The zero-order chi connectivity index (χ0) is 8.39. The lowest BCUT2D eigenvalue weighted by Crippen LogP contribution is -1.82. The van der Waals surface area contributed by atoms with Gasteiger partial charge in [-0.3, -0.25) is 0 Å². The molecule has 1 aromatic carbocycles. The molecule has 0 amide bonds. The Labute approximate surface area is 69.8 Å². The normalized spacial score (nSPS) is 10.0. The monoisotopic (exact) mass is 160 g/mol. The quantitative estimate of drug-likeness (QED) is 0.693. The standard InChI is InChI=1S/C9H8N2O/c10-9-11-8(6-12-9)7-4-2-1-3-5-7/h1-6H,(H2,10,11). The van der Waals surface area contributed by atoms with E-state index in [0.29, 0.717) is 0 Å². The molecule has 0 saturated carbocycles. The predicted octanol–water partition coefficient (Wildman–Crippen LogP) is 1.92. The molecule has 1 aromatic heterocycles. The lowest BCUT2D eigenvalue weighted by molar-refractivity contribution is 0.581. The molecule has 0 unspecified atom stereocenters. The first-order valence-electron chi connectivity index (χ1n) is 3.63. The van der Waals surface area contributed by atoms with Crippen molar-refractivity contribution in [2.45, 2.75) is 0 Å². The SMILES string of the molecule is Nc1nc(-c2ccccc2)co1. The van der Waals surface area contributed by atoms with E-state index < -0.39 is 0 Å². The number of nitrogen functional groups attached to an aromatic ring is 1. The van der Waals surface area contributed by atoms with Crippen LogP contribution in [0.5, 0.6) is 0 Å². The maximum atomic E-state index is 5.34. The van der Waals surface area contributed by atoms with Gasteiger partial charge in [0.25, 0.3) is 6.01 Å². The van der Waals surface area contributed by atoms with Gasteiger partial charge in [0, 0.05) is 5.56 Å². The Morgan fingerprint density at radius 3 is 2.50 bits per heavy atom. The van der Waals surface area contributed by atoms with Crippen LogP contribution in [0.1, 0.15) is 0 Å². The molecule has 2 N–H and O–H groups in total. The van der Waals surface area contributed by atoms with Crippen molar-refractivity contribution >= 4 is 6.01 Å². The number of anilines is 1. The van der Waals surface area contributed by atoms with Crippen molar-refractivity contribution in [2.75, 3.05) is 5.73 Å². The molecule has 0 spiro atoms. The zero-order valence-electron chi connectivity index (χ0n) is 6.40. The average Bonchev–Trinajstić information content (AvgIpc) is 2.54. The summed E-state index contributed by atoms with van der Waals surface area (Å²) in [6.07, 6.45) is 1.55. The van der Waals surface area contributed by atoms with E-state index in [1.165, 1.54) is 0 Å². The molecule has 3 heteroatoms. The largest absolute Gasteiger partial charge is 0.432 e. The topological polar surface area (TPSA) is 52.0 Å². The van der Waals surface area contributed by atoms with Crippen molar-refractivity contribution in [3.05, 3.63) is 36.6 Å². The van der Waals surface area contributed by atoms with Crippen LogP contribution in [0.15, 0.2) is 41.0 Å². The van der Waals surface area contributed by atoms with Gasteiger partial charge in [0.1, 0.15) is 12.0 Å². The molecule has 0 radical (unpaired) electrons. The van der Waals surface area contributed by atoms with Crippen LogP contribution in [-0.4, -0.2) is 4.98 Å². The fourth-order valence-electron chi connectivity index (χ4n) is 1.03. The highest BCUT2D eigenvalue weighted by Crippen LogP contribution is 2.18. The summed E-state index contributed by atoms with van der Waals surface area (Å²) in [6.45, 7) is 0. The molecule has 0 atom stereocenters. The highest BCUT2D eigenvalue weighted by atomic mass is 16.4. The fraction of sp³-hybridized carbons (Fsp3) is 0. The van der Waals surface area contributed by atoms with Crippen LogP contribution in [0.3, 0.4) is 0 Å². The van der Waals surface area contributed by atoms with Crippen LogP contribution < -0.4 is 5.73 Å². The molecule has 2 rings (SSSR count). The van der Waals surface area contributed by atoms with E-state index in [9.17, 15) is 0 Å². The molecule has 0 saturated heterocycles. The molecular formula is C9H8N2O. The van der Waals surface area contributed by atoms with E-state index in [4.69, 9.17) is 10.2 Å². The summed E-state index contributed by atoms with van der Waals surface area (Å²) in [5, 5.41) is 0. The lowest BCUT2D eigenvalue weighted by Gasteiger charge is -1.91. The Kier molecular flexibility index (Phi) is 1.55. The number of nitrogens with zero attached hydrogens (tertiary/aromatic N) is 1. The van der Waals surface area contributed by atoms with Crippen molar-refractivity contribution in [2.24, 2.45) is 0 Å². The molecule has 60 valence electrons. The first-order valence-corrected chi connectivity index (χ1v) is 3.63. The average molecular weight is 160 g/mol. The molecule has 2 aromatic rings. The summed E-state index contributed by atoms with van der Waals surface area (Å²) >= 11 is 0. The minimum absolute atomic E-state index is 0.203. The molecule has 0 aliphatic carbocycles. The second-order valence-corrected chi connectivity index (χ2v) is 2.44. The molecule has 0 bridgehead atoms. The molecule has 0 aliphatic rings. The van der Waals surface area contributed by atoms with Crippen LogP contribution in [-0.2, 0) is 0 Å². The number of oxazole rings is 1. The molecule has 3 nitrogen and oxygen atoms in total. The first kappa shape index (κ1) is 6.91. The van der Waals surface area contributed by atoms with Crippen LogP contribution in [0, 0.1) is 0 Å². The second kappa shape index (κ2) is 2.70. The minimum atomic E-state index is 0.203. The van der Waals surface area contributed by atoms with E-state index in [2.05, 4.69) is 4.98 Å². The van der Waals surface area contributed by atoms with Gasteiger partial charge >= 0.3 is 0 Å². The summed E-state index contributed by atoms with van der Waals surface area (Å²) in [6, 6.07) is 9.95. The van der Waals surface area contributed by atoms with E-state index in [1.54, 1.807) is 6.26 Å². The number of benzene rings is 1. The van der Waals surface area contributed by atoms with Crippen molar-refractivity contribution in [1.82, 2.24) is 4.98 Å². The maximum Gasteiger partial charge on any atom is 0.292 e. The summed E-state index contributed by atoms with van der Waals surface area (Å²) in [4.78, 5) is 3.99. The minimum Gasteiger partial charge on any atom is -0.432 e. The van der Waals surface area contributed by atoms with Crippen LogP contribution >= 0.6 is 0 Å². The van der Waals surface area contributed by atoms with E-state index in [0.717, 1.165) is 11.3 Å². The third-order valence-electron chi connectivity index (χ3n) is 1.59. The summed E-state index contributed by atoms with van der Waals surface area (Å²) < 4.78 is 4.89. The van der Waals surface area contributed by atoms with Crippen molar-refractivity contribution < 1.29 is 4.42 Å². The first-order chi connectivity index (χ1) is 5.86. The van der Waals surface area contributed by atoms with Gasteiger partial charge in [0.15, 0.2) is 0 Å². The van der Waals surface area contributed by atoms with Gasteiger partial charge in [0.2, 0.25) is 0 Å². The van der Waals surface area contributed by atoms with E-state index >= 15 is 0 Å². The van der Waals surface area contributed by atoms with Gasteiger partial charge in [-0.15, -0.1) is 0 Å². The van der Waals surface area contributed by atoms with Crippen molar-refractivity contribution in [1.29, 1.82) is 0 Å². The Balaban J connectivity index is 2.45. The highest BCUT2D eigenvalue weighted by Gasteiger charge is 2.01. The van der Waals surface area contributed by atoms with Gasteiger partial charge in [-0.05, 0) is 0 Å². The van der Waals surface area contributed by atoms with E-state index in [1.807, 2.05) is 30.3 Å².